The number of benzene rings is 1. The molecule has 0 spiro atoms. The van der Waals surface area contributed by atoms with Crippen molar-refractivity contribution >= 4 is 17.7 Å². The first-order chi connectivity index (χ1) is 9.72. The van der Waals surface area contributed by atoms with E-state index in [9.17, 15) is 4.79 Å². The van der Waals surface area contributed by atoms with Crippen molar-refractivity contribution in [2.45, 2.75) is 29.8 Å². The van der Waals surface area contributed by atoms with Gasteiger partial charge in [-0.05, 0) is 24.5 Å². The number of nitrogens with zero attached hydrogens (tertiary/aromatic N) is 1. The number of nitrogens with two attached hydrogens (primary N) is 1. The third kappa shape index (κ3) is 3.16. The summed E-state index contributed by atoms with van der Waals surface area (Å²) >= 11 is 1.94. The van der Waals surface area contributed by atoms with E-state index < -0.39 is 0 Å². The van der Waals surface area contributed by atoms with Gasteiger partial charge in [0.05, 0.1) is 6.54 Å². The fourth-order valence-electron chi connectivity index (χ4n) is 3.06. The Hall–Kier alpha value is -1.04. The number of hydrogen-bond acceptors (Lipinski definition) is 4. The number of primary amides is 1. The Morgan fingerprint density at radius 3 is 2.85 bits per heavy atom. The Labute approximate surface area is 124 Å². The van der Waals surface area contributed by atoms with Crippen LogP contribution in [0.15, 0.2) is 29.2 Å². The highest BCUT2D eigenvalue weighted by Gasteiger charge is 2.27. The standard InChI is InChI=1S/C15H21N3OS/c16-15(19)9-18-7-5-11(6-8-18)17-13-10-20-14-4-2-1-3-12(13)14/h1-4,11,13,17H,5-10H2,(H2,16,19). The van der Waals surface area contributed by atoms with E-state index in [1.807, 2.05) is 11.8 Å². The molecule has 5 heteroatoms. The number of rotatable bonds is 4. The molecule has 20 heavy (non-hydrogen) atoms. The maximum absolute atomic E-state index is 10.9. The molecular weight excluding hydrogens is 270 g/mol. The average Bonchev–Trinajstić information content (AvgIpc) is 2.84. The van der Waals surface area contributed by atoms with E-state index in [0.717, 1.165) is 31.7 Å². The molecule has 108 valence electrons. The van der Waals surface area contributed by atoms with Gasteiger partial charge in [-0.3, -0.25) is 9.69 Å². The number of piperidine rings is 1. The molecule has 0 bridgehead atoms. The Balaban J connectivity index is 1.52. The molecule has 1 aromatic rings. The fraction of sp³-hybridized carbons (Fsp3) is 0.533. The van der Waals surface area contributed by atoms with Crippen molar-refractivity contribution < 1.29 is 4.79 Å². The Morgan fingerprint density at radius 1 is 1.35 bits per heavy atom. The highest BCUT2D eigenvalue weighted by Crippen LogP contribution is 2.38. The van der Waals surface area contributed by atoms with E-state index in [1.165, 1.54) is 10.5 Å². The molecule has 3 rings (SSSR count). The number of amides is 1. The maximum atomic E-state index is 10.9. The van der Waals surface area contributed by atoms with Crippen LogP contribution >= 0.6 is 11.8 Å². The molecule has 1 amide bonds. The molecule has 3 N–H and O–H groups in total. The van der Waals surface area contributed by atoms with Crippen LogP contribution in [0, 0.1) is 0 Å². The van der Waals surface area contributed by atoms with Crippen molar-refractivity contribution in [2.75, 3.05) is 25.4 Å². The lowest BCUT2D eigenvalue weighted by atomic mass is 10.0. The summed E-state index contributed by atoms with van der Waals surface area (Å²) in [5, 5.41) is 3.78. The normalized spacial score (nSPS) is 23.7. The molecule has 4 nitrogen and oxygen atoms in total. The van der Waals surface area contributed by atoms with Crippen molar-refractivity contribution in [3.8, 4) is 0 Å². The minimum absolute atomic E-state index is 0.225. The Kier molecular flexibility index (Phi) is 4.29. The monoisotopic (exact) mass is 291 g/mol. The number of nitrogens with one attached hydrogen (secondary N) is 1. The number of hydrogen-bond donors (Lipinski definition) is 2. The summed E-state index contributed by atoms with van der Waals surface area (Å²) in [6.45, 7) is 2.32. The van der Waals surface area contributed by atoms with Gasteiger partial charge in [-0.15, -0.1) is 11.8 Å². The number of fused-ring (bicyclic) bond motifs is 1. The first kappa shape index (κ1) is 13.9. The summed E-state index contributed by atoms with van der Waals surface area (Å²) in [4.78, 5) is 14.5. The van der Waals surface area contributed by atoms with Gasteiger partial charge in [-0.25, -0.2) is 0 Å². The molecule has 1 atom stereocenters. The highest BCUT2D eigenvalue weighted by atomic mass is 32.2. The summed E-state index contributed by atoms with van der Waals surface area (Å²) in [5.74, 6) is 0.901. The van der Waals surface area contributed by atoms with Crippen LogP contribution in [-0.2, 0) is 4.79 Å². The van der Waals surface area contributed by atoms with Gasteiger partial charge in [0.15, 0.2) is 0 Å². The van der Waals surface area contributed by atoms with Gasteiger partial charge < -0.3 is 11.1 Å². The third-order valence-corrected chi connectivity index (χ3v) is 5.29. The van der Waals surface area contributed by atoms with Gasteiger partial charge in [0.2, 0.25) is 5.91 Å². The lowest BCUT2D eigenvalue weighted by molar-refractivity contribution is -0.119. The highest BCUT2D eigenvalue weighted by molar-refractivity contribution is 7.99. The maximum Gasteiger partial charge on any atom is 0.231 e. The van der Waals surface area contributed by atoms with Gasteiger partial charge in [-0.2, -0.15) is 0 Å². The van der Waals surface area contributed by atoms with Crippen LogP contribution in [0.25, 0.3) is 0 Å². The van der Waals surface area contributed by atoms with Crippen LogP contribution in [0.2, 0.25) is 0 Å². The molecule has 0 saturated carbocycles. The molecular formula is C15H21N3OS. The quantitative estimate of drug-likeness (QED) is 0.880. The summed E-state index contributed by atoms with van der Waals surface area (Å²) in [5.41, 5.74) is 6.69. The smallest absolute Gasteiger partial charge is 0.231 e. The predicted molar refractivity (Wildman–Crippen MR) is 81.7 cm³/mol. The van der Waals surface area contributed by atoms with E-state index in [1.54, 1.807) is 0 Å². The first-order valence-electron chi connectivity index (χ1n) is 7.21. The van der Waals surface area contributed by atoms with Crippen molar-refractivity contribution in [1.29, 1.82) is 0 Å². The predicted octanol–water partition coefficient (Wildman–Crippen LogP) is 1.37. The van der Waals surface area contributed by atoms with E-state index >= 15 is 0 Å². The van der Waals surface area contributed by atoms with Gasteiger partial charge in [0.25, 0.3) is 0 Å². The second-order valence-corrected chi connectivity index (χ2v) is 6.65. The van der Waals surface area contributed by atoms with Crippen molar-refractivity contribution in [1.82, 2.24) is 10.2 Å². The molecule has 0 radical (unpaired) electrons. The molecule has 1 unspecified atom stereocenters. The number of carbonyl (C=O) groups excluding carboxylic acids is 1. The third-order valence-electron chi connectivity index (χ3n) is 4.10. The Morgan fingerprint density at radius 2 is 2.10 bits per heavy atom. The number of thioether (sulfide) groups is 1. The minimum Gasteiger partial charge on any atom is -0.369 e. The molecule has 1 saturated heterocycles. The molecule has 2 aliphatic heterocycles. The molecule has 0 aliphatic carbocycles. The SMILES string of the molecule is NC(=O)CN1CCC(NC2CSc3ccccc32)CC1. The number of carbonyl (C=O) groups is 1. The largest absolute Gasteiger partial charge is 0.369 e. The summed E-state index contributed by atoms with van der Waals surface area (Å²) in [6.07, 6.45) is 2.19. The van der Waals surface area contributed by atoms with E-state index in [0.29, 0.717) is 18.6 Å². The second kappa shape index (κ2) is 6.16. The topological polar surface area (TPSA) is 58.4 Å². The van der Waals surface area contributed by atoms with E-state index in [2.05, 4.69) is 34.5 Å². The summed E-state index contributed by atoms with van der Waals surface area (Å²) in [7, 11) is 0. The first-order valence-corrected chi connectivity index (χ1v) is 8.19. The molecule has 1 aromatic carbocycles. The molecule has 2 heterocycles. The molecule has 1 fully saturated rings. The summed E-state index contributed by atoms with van der Waals surface area (Å²) in [6, 6.07) is 9.69. The Bertz CT molecular complexity index is 486. The average molecular weight is 291 g/mol. The fourth-order valence-corrected chi connectivity index (χ4v) is 4.24. The van der Waals surface area contributed by atoms with Crippen molar-refractivity contribution in [3.05, 3.63) is 29.8 Å². The van der Waals surface area contributed by atoms with Crippen LogP contribution in [0.3, 0.4) is 0 Å². The lowest BCUT2D eigenvalue weighted by Gasteiger charge is -2.33. The zero-order valence-electron chi connectivity index (χ0n) is 11.5. The van der Waals surface area contributed by atoms with Crippen molar-refractivity contribution in [3.63, 3.8) is 0 Å². The lowest BCUT2D eigenvalue weighted by Crippen LogP contribution is -2.46. The van der Waals surface area contributed by atoms with Crippen molar-refractivity contribution in [2.24, 2.45) is 5.73 Å². The van der Waals surface area contributed by atoms with Gasteiger partial charge in [-0.1, -0.05) is 18.2 Å². The van der Waals surface area contributed by atoms with Crippen LogP contribution in [0.4, 0.5) is 0 Å². The van der Waals surface area contributed by atoms with Crippen LogP contribution in [0.1, 0.15) is 24.4 Å². The van der Waals surface area contributed by atoms with Crippen LogP contribution in [0.5, 0.6) is 0 Å². The number of likely N-dealkylation sites (tertiary alicyclic amines) is 1. The zero-order chi connectivity index (χ0) is 13.9. The zero-order valence-corrected chi connectivity index (χ0v) is 12.4. The van der Waals surface area contributed by atoms with Gasteiger partial charge in [0.1, 0.15) is 0 Å². The van der Waals surface area contributed by atoms with E-state index in [-0.39, 0.29) is 5.91 Å². The van der Waals surface area contributed by atoms with E-state index in [4.69, 9.17) is 5.73 Å². The van der Waals surface area contributed by atoms with Gasteiger partial charge in [0, 0.05) is 35.8 Å². The summed E-state index contributed by atoms with van der Waals surface area (Å²) < 4.78 is 0. The molecule has 0 aromatic heterocycles. The minimum atomic E-state index is -0.225. The molecule has 2 aliphatic rings. The van der Waals surface area contributed by atoms with Gasteiger partial charge >= 0.3 is 0 Å². The van der Waals surface area contributed by atoms with Crippen LogP contribution < -0.4 is 11.1 Å². The van der Waals surface area contributed by atoms with Crippen LogP contribution in [-0.4, -0.2) is 42.2 Å². The second-order valence-electron chi connectivity index (χ2n) is 5.58.